The van der Waals surface area contributed by atoms with Gasteiger partial charge < -0.3 is 14.2 Å². The number of amides is 4. The molecule has 4 amide bonds. The first-order valence-corrected chi connectivity index (χ1v) is 9.18. The summed E-state index contributed by atoms with van der Waals surface area (Å²) in [7, 11) is 0. The Labute approximate surface area is 172 Å². The Hall–Kier alpha value is -3.90. The van der Waals surface area contributed by atoms with E-state index >= 15 is 0 Å². The van der Waals surface area contributed by atoms with Crippen LogP contribution in [0.15, 0.2) is 48.5 Å². The standard InChI is InChI=1S/C21H19N3O6/c1-2-28-12-11-21(18(25)23-20(27)24-19(21)26)30-17-9-7-16(8-10-17)29-15-5-3-14(13-22)4-6-15/h3-10H,2,11-12H2,1H3,(H2,23,24,25,26,27). The largest absolute Gasteiger partial charge is 0.467 e. The van der Waals surface area contributed by atoms with Crippen LogP contribution >= 0.6 is 0 Å². The molecule has 2 aromatic rings. The molecular formula is C21H19N3O6. The molecule has 1 aliphatic heterocycles. The topological polar surface area (TPSA) is 127 Å². The zero-order chi connectivity index (χ0) is 21.6. The minimum absolute atomic E-state index is 0.0741. The van der Waals surface area contributed by atoms with E-state index in [0.717, 1.165) is 0 Å². The molecule has 2 aromatic carbocycles. The fourth-order valence-electron chi connectivity index (χ4n) is 2.78. The molecule has 154 valence electrons. The molecule has 0 spiro atoms. The lowest BCUT2D eigenvalue weighted by Gasteiger charge is -2.34. The number of benzene rings is 2. The second-order valence-corrected chi connectivity index (χ2v) is 6.32. The fraction of sp³-hybridized carbons (Fsp3) is 0.238. The first-order chi connectivity index (χ1) is 14.5. The van der Waals surface area contributed by atoms with Gasteiger partial charge in [0.1, 0.15) is 17.2 Å². The quantitative estimate of drug-likeness (QED) is 0.506. The number of carbonyl (C=O) groups excluding carboxylic acids is 3. The van der Waals surface area contributed by atoms with E-state index in [-0.39, 0.29) is 18.8 Å². The van der Waals surface area contributed by atoms with Crippen LogP contribution in [-0.2, 0) is 14.3 Å². The van der Waals surface area contributed by atoms with E-state index in [1.807, 2.05) is 6.07 Å². The van der Waals surface area contributed by atoms with Crippen LogP contribution in [0, 0.1) is 11.3 Å². The Kier molecular flexibility index (Phi) is 6.29. The van der Waals surface area contributed by atoms with E-state index in [9.17, 15) is 14.4 Å². The van der Waals surface area contributed by atoms with Crippen molar-refractivity contribution >= 4 is 17.8 Å². The highest BCUT2D eigenvalue weighted by molar-refractivity contribution is 6.21. The van der Waals surface area contributed by atoms with E-state index in [1.165, 1.54) is 0 Å². The molecule has 3 rings (SSSR count). The Morgan fingerprint density at radius 3 is 1.97 bits per heavy atom. The van der Waals surface area contributed by atoms with E-state index < -0.39 is 23.4 Å². The predicted molar refractivity (Wildman–Crippen MR) is 104 cm³/mol. The minimum atomic E-state index is -1.93. The molecule has 1 fully saturated rings. The van der Waals surface area contributed by atoms with Crippen molar-refractivity contribution in [1.82, 2.24) is 10.6 Å². The summed E-state index contributed by atoms with van der Waals surface area (Å²) in [6.45, 7) is 2.27. The smallest absolute Gasteiger partial charge is 0.328 e. The van der Waals surface area contributed by atoms with Crippen molar-refractivity contribution in [3.05, 3.63) is 54.1 Å². The summed E-state index contributed by atoms with van der Waals surface area (Å²) in [4.78, 5) is 36.4. The molecule has 30 heavy (non-hydrogen) atoms. The Bertz CT molecular complexity index is 959. The zero-order valence-corrected chi connectivity index (χ0v) is 16.1. The van der Waals surface area contributed by atoms with Gasteiger partial charge >= 0.3 is 6.03 Å². The van der Waals surface area contributed by atoms with E-state index in [2.05, 4.69) is 10.6 Å². The number of hydrogen-bond acceptors (Lipinski definition) is 7. The van der Waals surface area contributed by atoms with Crippen LogP contribution in [0.25, 0.3) is 0 Å². The lowest BCUT2D eigenvalue weighted by Crippen LogP contribution is -2.69. The third kappa shape index (κ3) is 4.56. The number of nitriles is 1. The minimum Gasteiger partial charge on any atom is -0.467 e. The Morgan fingerprint density at radius 1 is 0.900 bits per heavy atom. The second kappa shape index (κ2) is 9.07. The first-order valence-electron chi connectivity index (χ1n) is 9.18. The van der Waals surface area contributed by atoms with E-state index in [4.69, 9.17) is 19.5 Å². The Morgan fingerprint density at radius 2 is 1.43 bits per heavy atom. The predicted octanol–water partition coefficient (Wildman–Crippen LogP) is 2.26. The lowest BCUT2D eigenvalue weighted by atomic mass is 9.95. The van der Waals surface area contributed by atoms with Gasteiger partial charge in [0.2, 0.25) is 0 Å². The van der Waals surface area contributed by atoms with Gasteiger partial charge in [-0.3, -0.25) is 20.2 Å². The van der Waals surface area contributed by atoms with E-state index in [0.29, 0.717) is 23.7 Å². The molecule has 0 saturated carbocycles. The number of barbiturate groups is 1. The maximum atomic E-state index is 12.5. The van der Waals surface area contributed by atoms with Crippen molar-refractivity contribution in [2.75, 3.05) is 13.2 Å². The normalized spacial score (nSPS) is 15.0. The summed E-state index contributed by atoms with van der Waals surface area (Å²) in [6, 6.07) is 14.0. The fourth-order valence-corrected chi connectivity index (χ4v) is 2.78. The summed E-state index contributed by atoms with van der Waals surface area (Å²) in [6.07, 6.45) is -0.0741. The third-order valence-electron chi connectivity index (χ3n) is 4.33. The molecule has 0 atom stereocenters. The highest BCUT2D eigenvalue weighted by Gasteiger charge is 2.52. The van der Waals surface area contributed by atoms with Crippen molar-refractivity contribution in [3.63, 3.8) is 0 Å². The summed E-state index contributed by atoms with van der Waals surface area (Å²) in [5, 5.41) is 13.0. The van der Waals surface area contributed by atoms with Gasteiger partial charge in [-0.15, -0.1) is 0 Å². The van der Waals surface area contributed by atoms with Crippen molar-refractivity contribution in [1.29, 1.82) is 5.26 Å². The molecule has 9 nitrogen and oxygen atoms in total. The molecule has 0 unspecified atom stereocenters. The molecule has 0 bridgehead atoms. The molecule has 1 aliphatic rings. The van der Waals surface area contributed by atoms with Crippen LogP contribution in [0.3, 0.4) is 0 Å². The van der Waals surface area contributed by atoms with Gasteiger partial charge in [-0.25, -0.2) is 4.79 Å². The number of imide groups is 2. The number of rotatable bonds is 8. The summed E-state index contributed by atoms with van der Waals surface area (Å²) < 4.78 is 16.7. The van der Waals surface area contributed by atoms with Crippen molar-refractivity contribution < 1.29 is 28.6 Å². The van der Waals surface area contributed by atoms with Crippen LogP contribution < -0.4 is 20.1 Å². The first kappa shape index (κ1) is 20.8. The van der Waals surface area contributed by atoms with Crippen molar-refractivity contribution in [2.24, 2.45) is 0 Å². The maximum absolute atomic E-state index is 12.5. The molecule has 9 heteroatoms. The summed E-state index contributed by atoms with van der Waals surface area (Å²) in [5.74, 6) is -0.440. The number of carbonyl (C=O) groups is 3. The van der Waals surface area contributed by atoms with Crippen molar-refractivity contribution in [3.8, 4) is 23.3 Å². The van der Waals surface area contributed by atoms with Crippen molar-refractivity contribution in [2.45, 2.75) is 18.9 Å². The van der Waals surface area contributed by atoms with Gasteiger partial charge in [0.15, 0.2) is 0 Å². The SMILES string of the molecule is CCOCCC1(Oc2ccc(Oc3ccc(C#N)cc3)cc2)C(=O)NC(=O)NC1=O. The summed E-state index contributed by atoms with van der Waals surface area (Å²) >= 11 is 0. The monoisotopic (exact) mass is 409 g/mol. The van der Waals surface area contributed by atoms with Crippen LogP contribution in [0.4, 0.5) is 4.79 Å². The van der Waals surface area contributed by atoms with Gasteiger partial charge in [-0.05, 0) is 55.5 Å². The number of ether oxygens (including phenoxy) is 3. The molecule has 1 heterocycles. The molecule has 0 aromatic heterocycles. The van der Waals surface area contributed by atoms with Gasteiger partial charge in [0.05, 0.1) is 18.2 Å². The average Bonchev–Trinajstić information content (AvgIpc) is 2.74. The van der Waals surface area contributed by atoms with Gasteiger partial charge in [-0.1, -0.05) is 0 Å². The van der Waals surface area contributed by atoms with Gasteiger partial charge in [-0.2, -0.15) is 5.26 Å². The second-order valence-electron chi connectivity index (χ2n) is 6.32. The molecular weight excluding hydrogens is 390 g/mol. The highest BCUT2D eigenvalue weighted by Crippen LogP contribution is 2.28. The van der Waals surface area contributed by atoms with Crippen LogP contribution in [-0.4, -0.2) is 36.7 Å². The Balaban J connectivity index is 1.76. The lowest BCUT2D eigenvalue weighted by molar-refractivity contribution is -0.153. The zero-order valence-electron chi connectivity index (χ0n) is 16.1. The number of hydrogen-bond donors (Lipinski definition) is 2. The molecule has 0 radical (unpaired) electrons. The molecule has 1 saturated heterocycles. The van der Waals surface area contributed by atoms with Crippen LogP contribution in [0.2, 0.25) is 0 Å². The number of nitrogens with one attached hydrogen (secondary N) is 2. The summed E-state index contributed by atoms with van der Waals surface area (Å²) in [5.41, 5.74) is -1.41. The van der Waals surface area contributed by atoms with Gasteiger partial charge in [0, 0.05) is 13.0 Å². The third-order valence-corrected chi connectivity index (χ3v) is 4.33. The number of nitrogens with zero attached hydrogens (tertiary/aromatic N) is 1. The highest BCUT2D eigenvalue weighted by atomic mass is 16.5. The van der Waals surface area contributed by atoms with Crippen LogP contribution in [0.1, 0.15) is 18.9 Å². The average molecular weight is 409 g/mol. The van der Waals surface area contributed by atoms with Gasteiger partial charge in [0.25, 0.3) is 17.4 Å². The van der Waals surface area contributed by atoms with Crippen LogP contribution in [0.5, 0.6) is 17.2 Å². The van der Waals surface area contributed by atoms with E-state index in [1.54, 1.807) is 55.5 Å². The molecule has 2 N–H and O–H groups in total. The molecule has 0 aliphatic carbocycles. The number of urea groups is 1. The maximum Gasteiger partial charge on any atom is 0.328 e.